The van der Waals surface area contributed by atoms with Crippen LogP contribution in [0.15, 0.2) is 5.57 Å². The van der Waals surface area contributed by atoms with Gasteiger partial charge in [0.05, 0.1) is 12.2 Å². The van der Waals surface area contributed by atoms with Gasteiger partial charge in [0.2, 0.25) is 0 Å². The predicted octanol–water partition coefficient (Wildman–Crippen LogP) is 7.57. The molecule has 1 saturated carbocycles. The van der Waals surface area contributed by atoms with Crippen molar-refractivity contribution in [3.05, 3.63) is 11.6 Å². The van der Waals surface area contributed by atoms with E-state index in [4.69, 9.17) is 32.3 Å². The maximum absolute atomic E-state index is 12.2. The number of carbonyl (C=O) groups is 1. The number of esters is 1. The summed E-state index contributed by atoms with van der Waals surface area (Å²) in [4.78, 5) is 12.2. The summed E-state index contributed by atoms with van der Waals surface area (Å²) in [5, 5.41) is 10.9. The Labute approximate surface area is 190 Å². The number of carbonyl (C=O) groups excluding carboxylic acids is 1. The Morgan fingerprint density at radius 3 is 1.96 bits per heavy atom. The number of halogens is 3. The molecule has 166 valence electrons. The second-order valence-electron chi connectivity index (χ2n) is 7.28. The molecule has 0 aromatic rings. The van der Waals surface area contributed by atoms with Crippen LogP contribution in [0.1, 0.15) is 104 Å². The van der Waals surface area contributed by atoms with Gasteiger partial charge in [-0.05, 0) is 19.8 Å². The molecule has 28 heavy (non-hydrogen) atoms. The Morgan fingerprint density at radius 1 is 0.964 bits per heavy atom. The molecule has 0 spiro atoms. The van der Waals surface area contributed by atoms with E-state index in [-0.39, 0.29) is 5.97 Å². The van der Waals surface area contributed by atoms with E-state index in [2.05, 4.69) is 13.0 Å². The van der Waals surface area contributed by atoms with E-state index in [1.54, 1.807) is 6.92 Å². The van der Waals surface area contributed by atoms with Gasteiger partial charge < -0.3 is 14.6 Å². The van der Waals surface area contributed by atoms with Gasteiger partial charge in [-0.3, -0.25) is 6.08 Å². The fourth-order valence-corrected chi connectivity index (χ4v) is 3.49. The molecule has 1 N–H and O–H groups in total. The molecule has 3 nitrogen and oxygen atoms in total. The number of hydrogen-bond acceptors (Lipinski definition) is 3. The fraction of sp³-hybridized carbons (Fsp3) is 0.857. The quantitative estimate of drug-likeness (QED) is 0.105. The number of aliphatic hydroxyl groups is 1. The number of rotatable bonds is 12. The SMILES string of the molecule is CCCCCCCCCC[C-]=C(C(=O)OCC)C1(O)CCCCC1.[Cl][Ta]([Cl])[Cl]. The molecule has 0 amide bonds. The summed E-state index contributed by atoms with van der Waals surface area (Å²) in [5.74, 6) is -0.374. The van der Waals surface area contributed by atoms with E-state index >= 15 is 0 Å². The van der Waals surface area contributed by atoms with Crippen molar-refractivity contribution in [2.24, 2.45) is 0 Å². The van der Waals surface area contributed by atoms with Crippen LogP contribution in [0.3, 0.4) is 0 Å². The molecule has 0 aliphatic heterocycles. The van der Waals surface area contributed by atoms with E-state index in [1.165, 1.54) is 44.9 Å². The van der Waals surface area contributed by atoms with Gasteiger partial charge in [0, 0.05) is 0 Å². The van der Waals surface area contributed by atoms with E-state index in [0.29, 0.717) is 25.0 Å². The zero-order valence-corrected chi connectivity index (χ0v) is 22.9. The third-order valence-electron chi connectivity index (χ3n) is 4.96. The van der Waals surface area contributed by atoms with Crippen molar-refractivity contribution in [1.29, 1.82) is 0 Å². The first-order chi connectivity index (χ1) is 13.4. The van der Waals surface area contributed by atoms with Gasteiger partial charge in [0.15, 0.2) is 5.97 Å². The maximum atomic E-state index is 12.2. The van der Waals surface area contributed by atoms with Gasteiger partial charge in [-0.25, -0.2) is 0 Å². The summed E-state index contributed by atoms with van der Waals surface area (Å²) < 4.78 is 5.16. The molecule has 0 aromatic heterocycles. The van der Waals surface area contributed by atoms with Gasteiger partial charge >= 0.3 is 42.8 Å². The average molecular weight is 625 g/mol. The third-order valence-corrected chi connectivity index (χ3v) is 4.96. The molecule has 0 radical (unpaired) electrons. The van der Waals surface area contributed by atoms with Crippen LogP contribution in [0.4, 0.5) is 0 Å². The minimum absolute atomic E-state index is 0.345. The second-order valence-corrected chi connectivity index (χ2v) is 21.2. The molecular weight excluding hydrogens is 588 g/mol. The van der Waals surface area contributed by atoms with Gasteiger partial charge in [-0.2, -0.15) is 0 Å². The summed E-state index contributed by atoms with van der Waals surface area (Å²) in [6.45, 7) is 4.39. The first kappa shape index (κ1) is 28.8. The Bertz CT molecular complexity index is 422. The van der Waals surface area contributed by atoms with Crippen LogP contribution in [-0.4, -0.2) is 23.3 Å². The number of unbranched alkanes of at least 4 members (excludes halogenated alkanes) is 8. The number of hydrogen-bond donors (Lipinski definition) is 1. The molecule has 1 aliphatic rings. The van der Waals surface area contributed by atoms with Crippen LogP contribution in [-0.2, 0) is 24.7 Å². The molecule has 0 bridgehead atoms. The van der Waals surface area contributed by atoms with E-state index in [0.717, 1.165) is 32.1 Å². The Balaban J connectivity index is 0.00000165. The van der Waals surface area contributed by atoms with Crippen molar-refractivity contribution in [1.82, 2.24) is 0 Å². The topological polar surface area (TPSA) is 46.5 Å². The van der Waals surface area contributed by atoms with Crippen molar-refractivity contribution < 1.29 is 29.8 Å². The standard InChI is InChI=1S/C21H37O3.3ClH.Ta/c1-3-5-6-7-8-9-10-11-13-16-19(20(22)24-4-2)21(23)17-14-12-15-18-21;;;;/h23H,3-15,17-18H2,1-2H3;3*1H;/q-1;;;;+3/p-3. The molecular formula is C21H37Cl3O3Ta-. The first-order valence-electron chi connectivity index (χ1n) is 10.7. The fourth-order valence-electron chi connectivity index (χ4n) is 3.49. The Hall–Kier alpha value is 0.780. The summed E-state index contributed by atoms with van der Waals surface area (Å²) in [5.41, 5.74) is -0.614. The molecule has 7 heteroatoms. The van der Waals surface area contributed by atoms with Crippen molar-refractivity contribution in [2.75, 3.05) is 6.61 Å². The van der Waals surface area contributed by atoms with Gasteiger partial charge in [0.1, 0.15) is 0 Å². The molecule has 0 atom stereocenters. The van der Waals surface area contributed by atoms with Crippen LogP contribution >= 0.6 is 27.6 Å². The molecule has 0 heterocycles. The Kier molecular flexibility index (Phi) is 19.1. The molecule has 1 fully saturated rings. The molecule has 0 aromatic carbocycles. The zero-order valence-electron chi connectivity index (χ0n) is 17.5. The Morgan fingerprint density at radius 2 is 1.46 bits per heavy atom. The summed E-state index contributed by atoms with van der Waals surface area (Å²) >= 11 is -2.18. The second kappa shape index (κ2) is 18.5. The molecule has 0 saturated heterocycles. The van der Waals surface area contributed by atoms with Crippen molar-refractivity contribution in [3.8, 4) is 0 Å². The van der Waals surface area contributed by atoms with E-state index < -0.39 is 20.8 Å². The van der Waals surface area contributed by atoms with Crippen molar-refractivity contribution >= 4 is 33.5 Å². The van der Waals surface area contributed by atoms with Gasteiger partial charge in [-0.1, -0.05) is 77.6 Å². The predicted molar refractivity (Wildman–Crippen MR) is 116 cm³/mol. The van der Waals surface area contributed by atoms with Crippen LogP contribution in [0.2, 0.25) is 0 Å². The van der Waals surface area contributed by atoms with Crippen LogP contribution in [0.25, 0.3) is 0 Å². The normalized spacial score (nSPS) is 16.5. The van der Waals surface area contributed by atoms with Crippen LogP contribution < -0.4 is 0 Å². The number of ether oxygens (including phenoxy) is 1. The first-order valence-corrected chi connectivity index (χ1v) is 22.6. The summed E-state index contributed by atoms with van der Waals surface area (Å²) in [6, 6.07) is 0. The van der Waals surface area contributed by atoms with Crippen molar-refractivity contribution in [3.63, 3.8) is 0 Å². The minimum atomic E-state index is -2.18. The third kappa shape index (κ3) is 14.7. The molecule has 0 unspecified atom stereocenters. The van der Waals surface area contributed by atoms with Gasteiger partial charge in [0.25, 0.3) is 0 Å². The monoisotopic (exact) mass is 623 g/mol. The van der Waals surface area contributed by atoms with Crippen LogP contribution in [0.5, 0.6) is 0 Å². The number of allylic oxidation sites excluding steroid dienone is 1. The summed E-state index contributed by atoms with van der Waals surface area (Å²) in [7, 11) is 15.0. The van der Waals surface area contributed by atoms with Crippen LogP contribution in [0, 0.1) is 6.08 Å². The molecule has 1 aliphatic carbocycles. The van der Waals surface area contributed by atoms with E-state index in [9.17, 15) is 9.90 Å². The van der Waals surface area contributed by atoms with Gasteiger partial charge in [-0.15, -0.1) is 12.0 Å². The summed E-state index contributed by atoms with van der Waals surface area (Å²) in [6.07, 6.45) is 18.4. The molecule has 1 rings (SSSR count). The average Bonchev–Trinajstić information content (AvgIpc) is 2.63. The zero-order chi connectivity index (χ0) is 21.3. The van der Waals surface area contributed by atoms with Crippen molar-refractivity contribution in [2.45, 2.75) is 109 Å². The van der Waals surface area contributed by atoms with E-state index in [1.807, 2.05) is 0 Å².